The van der Waals surface area contributed by atoms with Gasteiger partial charge >= 0.3 is 6.09 Å². The summed E-state index contributed by atoms with van der Waals surface area (Å²) >= 11 is 0. The van der Waals surface area contributed by atoms with Crippen molar-refractivity contribution in [2.45, 2.75) is 39.3 Å². The molecule has 0 aliphatic carbocycles. The van der Waals surface area contributed by atoms with Gasteiger partial charge in [-0.25, -0.2) is 9.18 Å². The molecule has 4 rings (SSSR count). The van der Waals surface area contributed by atoms with Gasteiger partial charge in [-0.3, -0.25) is 4.79 Å². The summed E-state index contributed by atoms with van der Waals surface area (Å²) in [6, 6.07) is 9.81. The van der Waals surface area contributed by atoms with Crippen LogP contribution in [0.4, 0.5) is 9.18 Å². The largest absolute Gasteiger partial charge is 0.492 e. The molecular formula is C25H26FN3O4. The number of hydrogen-bond acceptors (Lipinski definition) is 4. The van der Waals surface area contributed by atoms with Gasteiger partial charge in [0.25, 0.3) is 0 Å². The number of Topliss-reactive ketones (excluding diaryl/α,β-unsaturated/α-hetero) is 1. The van der Waals surface area contributed by atoms with Gasteiger partial charge in [0.1, 0.15) is 17.2 Å². The summed E-state index contributed by atoms with van der Waals surface area (Å²) < 4.78 is 28.2. The molecule has 3 aromatic rings. The molecule has 2 heterocycles. The lowest BCUT2D eigenvalue weighted by molar-refractivity contribution is 0.0593. The normalized spacial score (nSPS) is 14.1. The van der Waals surface area contributed by atoms with Gasteiger partial charge in [-0.15, -0.1) is 4.99 Å². The molecule has 0 atom stereocenters. The Bertz CT molecular complexity index is 1280. The fraction of sp³-hybridized carbons (Fsp3) is 0.320. The minimum atomic E-state index is -0.681. The van der Waals surface area contributed by atoms with Gasteiger partial charge in [0, 0.05) is 31.4 Å². The summed E-state index contributed by atoms with van der Waals surface area (Å²) in [5.41, 5.74) is 2.55. The van der Waals surface area contributed by atoms with E-state index in [2.05, 4.69) is 4.99 Å². The van der Waals surface area contributed by atoms with Gasteiger partial charge in [0.05, 0.1) is 18.7 Å². The SMILES string of the molecule is Cn1ccn(Cc2cc3c(c(-c4ccc(F)cc4)c2)OCCC3=O)/c1=N\C(=O)OC(C)(C)C. The number of carbonyl (C=O) groups is 2. The molecular weight excluding hydrogens is 425 g/mol. The van der Waals surface area contributed by atoms with Crippen molar-refractivity contribution in [1.29, 1.82) is 0 Å². The molecule has 1 amide bonds. The molecule has 0 saturated heterocycles. The fourth-order valence-electron chi connectivity index (χ4n) is 3.71. The second-order valence-corrected chi connectivity index (χ2v) is 8.98. The van der Waals surface area contributed by atoms with Crippen molar-refractivity contribution >= 4 is 11.9 Å². The predicted molar refractivity (Wildman–Crippen MR) is 121 cm³/mol. The van der Waals surface area contributed by atoms with Gasteiger partial charge in [0.2, 0.25) is 5.62 Å². The van der Waals surface area contributed by atoms with Crippen molar-refractivity contribution in [3.8, 4) is 16.9 Å². The van der Waals surface area contributed by atoms with Crippen molar-refractivity contribution in [1.82, 2.24) is 9.13 Å². The first-order chi connectivity index (χ1) is 15.6. The van der Waals surface area contributed by atoms with Gasteiger partial charge in [-0.2, -0.15) is 0 Å². The smallest absolute Gasteiger partial charge is 0.437 e. The van der Waals surface area contributed by atoms with E-state index >= 15 is 0 Å². The molecule has 33 heavy (non-hydrogen) atoms. The highest BCUT2D eigenvalue weighted by molar-refractivity contribution is 6.02. The lowest BCUT2D eigenvalue weighted by Gasteiger charge is -2.21. The first-order valence-electron chi connectivity index (χ1n) is 10.7. The number of aryl methyl sites for hydroxylation is 1. The number of fused-ring (bicyclic) bond motifs is 1. The summed E-state index contributed by atoms with van der Waals surface area (Å²) in [6.07, 6.45) is 3.21. The van der Waals surface area contributed by atoms with E-state index < -0.39 is 11.7 Å². The summed E-state index contributed by atoms with van der Waals surface area (Å²) in [6.45, 7) is 6.01. The van der Waals surface area contributed by atoms with Gasteiger partial charge in [0.15, 0.2) is 5.78 Å². The van der Waals surface area contributed by atoms with Crippen LogP contribution in [-0.4, -0.2) is 33.2 Å². The van der Waals surface area contributed by atoms with E-state index in [1.54, 1.807) is 67.5 Å². The maximum absolute atomic E-state index is 13.5. The Morgan fingerprint density at radius 3 is 2.55 bits per heavy atom. The third kappa shape index (κ3) is 5.05. The molecule has 0 unspecified atom stereocenters. The Hall–Kier alpha value is -3.68. The van der Waals surface area contributed by atoms with E-state index in [1.807, 2.05) is 6.07 Å². The van der Waals surface area contributed by atoms with Crippen molar-refractivity contribution < 1.29 is 23.5 Å². The quantitative estimate of drug-likeness (QED) is 0.588. The van der Waals surface area contributed by atoms with Crippen LogP contribution >= 0.6 is 0 Å². The molecule has 1 aromatic heterocycles. The van der Waals surface area contributed by atoms with Gasteiger partial charge in [-0.05, 0) is 56.2 Å². The molecule has 172 valence electrons. The molecule has 8 heteroatoms. The van der Waals surface area contributed by atoms with Crippen LogP contribution < -0.4 is 10.4 Å². The van der Waals surface area contributed by atoms with E-state index in [-0.39, 0.29) is 11.6 Å². The Balaban J connectivity index is 1.77. The number of ether oxygens (including phenoxy) is 2. The number of halogens is 1. The number of aromatic nitrogens is 2. The van der Waals surface area contributed by atoms with Crippen LogP contribution in [0.15, 0.2) is 53.8 Å². The minimum absolute atomic E-state index is 0.00168. The van der Waals surface area contributed by atoms with E-state index in [9.17, 15) is 14.0 Å². The number of nitrogens with zero attached hydrogens (tertiary/aromatic N) is 3. The molecule has 1 aliphatic rings. The average molecular weight is 451 g/mol. The Morgan fingerprint density at radius 1 is 1.15 bits per heavy atom. The zero-order valence-electron chi connectivity index (χ0n) is 19.1. The monoisotopic (exact) mass is 451 g/mol. The Kier molecular flexibility index (Phi) is 5.93. The maximum Gasteiger partial charge on any atom is 0.437 e. The highest BCUT2D eigenvalue weighted by Gasteiger charge is 2.24. The lowest BCUT2D eigenvalue weighted by atomic mass is 9.94. The molecule has 7 nitrogen and oxygen atoms in total. The third-order valence-electron chi connectivity index (χ3n) is 5.16. The number of carbonyl (C=O) groups excluding carboxylic acids is 2. The van der Waals surface area contributed by atoms with Crippen molar-refractivity contribution in [2.24, 2.45) is 12.0 Å². The first kappa shape index (κ1) is 22.5. The fourth-order valence-corrected chi connectivity index (χ4v) is 3.71. The van der Waals surface area contributed by atoms with Crippen LogP contribution in [0.2, 0.25) is 0 Å². The molecule has 0 spiro atoms. The molecule has 2 aromatic carbocycles. The van der Waals surface area contributed by atoms with Crippen molar-refractivity contribution in [3.05, 3.63) is 71.4 Å². The lowest BCUT2D eigenvalue weighted by Crippen LogP contribution is -2.29. The molecule has 0 radical (unpaired) electrons. The van der Waals surface area contributed by atoms with Crippen LogP contribution in [0.1, 0.15) is 43.1 Å². The Labute approximate surface area is 191 Å². The highest BCUT2D eigenvalue weighted by Crippen LogP contribution is 2.37. The number of benzene rings is 2. The van der Waals surface area contributed by atoms with Crippen LogP contribution in [0.25, 0.3) is 11.1 Å². The van der Waals surface area contributed by atoms with Crippen LogP contribution in [-0.2, 0) is 18.3 Å². The topological polar surface area (TPSA) is 74.8 Å². The van der Waals surface area contributed by atoms with Crippen LogP contribution in [0, 0.1) is 5.82 Å². The zero-order valence-corrected chi connectivity index (χ0v) is 19.1. The van der Waals surface area contributed by atoms with E-state index in [4.69, 9.17) is 9.47 Å². The van der Waals surface area contributed by atoms with E-state index in [1.165, 1.54) is 12.1 Å². The highest BCUT2D eigenvalue weighted by atomic mass is 19.1. The number of ketones is 1. The van der Waals surface area contributed by atoms with E-state index in [0.29, 0.717) is 36.5 Å². The first-order valence-corrected chi connectivity index (χ1v) is 10.7. The molecule has 0 bridgehead atoms. The zero-order chi connectivity index (χ0) is 23.8. The average Bonchev–Trinajstić information content (AvgIpc) is 3.06. The third-order valence-corrected chi connectivity index (χ3v) is 5.16. The van der Waals surface area contributed by atoms with Gasteiger partial charge < -0.3 is 18.6 Å². The summed E-state index contributed by atoms with van der Waals surface area (Å²) in [5, 5.41) is 0. The number of hydrogen-bond donors (Lipinski definition) is 0. The molecule has 0 N–H and O–H groups in total. The second kappa shape index (κ2) is 8.69. The summed E-state index contributed by atoms with van der Waals surface area (Å²) in [4.78, 5) is 29.0. The number of amides is 1. The van der Waals surface area contributed by atoms with Crippen molar-refractivity contribution in [2.75, 3.05) is 6.61 Å². The van der Waals surface area contributed by atoms with Crippen LogP contribution in [0.3, 0.4) is 0 Å². The molecule has 1 aliphatic heterocycles. The maximum atomic E-state index is 13.5. The Morgan fingerprint density at radius 2 is 1.85 bits per heavy atom. The summed E-state index contributed by atoms with van der Waals surface area (Å²) in [7, 11) is 1.79. The van der Waals surface area contributed by atoms with E-state index in [0.717, 1.165) is 16.7 Å². The number of imidazole rings is 1. The molecule has 0 fully saturated rings. The minimum Gasteiger partial charge on any atom is -0.492 e. The summed E-state index contributed by atoms with van der Waals surface area (Å²) in [5.74, 6) is 0.172. The second-order valence-electron chi connectivity index (χ2n) is 8.98. The molecule has 0 saturated carbocycles. The number of rotatable bonds is 3. The predicted octanol–water partition coefficient (Wildman–Crippen LogP) is 4.48. The van der Waals surface area contributed by atoms with Crippen molar-refractivity contribution in [3.63, 3.8) is 0 Å². The standard InChI is InChI=1S/C25H26FN3O4/c1-25(2,3)33-24(31)27-23-28(4)10-11-29(23)15-16-13-19(17-5-7-18(26)8-6-17)22-20(14-16)21(30)9-12-32-22/h5-8,10-11,13-14H,9,12,15H2,1-4H3/b27-23-. The van der Waals surface area contributed by atoms with Gasteiger partial charge in [-0.1, -0.05) is 12.1 Å². The van der Waals surface area contributed by atoms with Crippen LogP contribution in [0.5, 0.6) is 5.75 Å².